The Morgan fingerprint density at radius 1 is 1.20 bits per heavy atom. The number of amides is 2. The summed E-state index contributed by atoms with van der Waals surface area (Å²) >= 11 is 0. The molecule has 0 aliphatic heterocycles. The van der Waals surface area contributed by atoms with Crippen molar-refractivity contribution >= 4 is 11.8 Å². The van der Waals surface area contributed by atoms with E-state index in [0.717, 1.165) is 31.2 Å². The predicted molar refractivity (Wildman–Crippen MR) is 91.8 cm³/mol. The lowest BCUT2D eigenvalue weighted by Gasteiger charge is -2.12. The first-order valence-electron chi connectivity index (χ1n) is 8.66. The molecule has 7 heteroatoms. The Kier molecular flexibility index (Phi) is 5.42. The molecule has 2 N–H and O–H groups in total. The van der Waals surface area contributed by atoms with Gasteiger partial charge in [-0.3, -0.25) is 9.59 Å². The molecule has 7 nitrogen and oxygen atoms in total. The molecule has 0 radical (unpaired) electrons. The third-order valence-electron chi connectivity index (χ3n) is 4.31. The van der Waals surface area contributed by atoms with Crippen molar-refractivity contribution < 1.29 is 14.1 Å². The highest BCUT2D eigenvalue weighted by Gasteiger charge is 2.17. The van der Waals surface area contributed by atoms with Crippen LogP contribution in [0.3, 0.4) is 0 Å². The van der Waals surface area contributed by atoms with E-state index >= 15 is 0 Å². The first kappa shape index (κ1) is 17.1. The van der Waals surface area contributed by atoms with E-state index < -0.39 is 0 Å². The molecule has 0 saturated heterocycles. The summed E-state index contributed by atoms with van der Waals surface area (Å²) in [5, 5.41) is 9.49. The monoisotopic (exact) mass is 342 g/mol. The number of hydrogen-bond acceptors (Lipinski definition) is 5. The molecule has 0 bridgehead atoms. The molecule has 0 unspecified atom stereocenters. The second-order valence-corrected chi connectivity index (χ2v) is 6.17. The summed E-state index contributed by atoms with van der Waals surface area (Å²) in [6.07, 6.45) is 5.04. The lowest BCUT2D eigenvalue weighted by atomic mass is 10.1. The molecule has 1 heterocycles. The Bertz CT molecular complexity index is 733. The summed E-state index contributed by atoms with van der Waals surface area (Å²) in [6, 6.07) is 7.14. The van der Waals surface area contributed by atoms with Crippen molar-refractivity contribution in [2.24, 2.45) is 0 Å². The van der Waals surface area contributed by atoms with Crippen molar-refractivity contribution in [3.05, 3.63) is 35.7 Å². The van der Waals surface area contributed by atoms with Crippen LogP contribution in [-0.2, 0) is 11.2 Å². The fourth-order valence-electron chi connectivity index (χ4n) is 2.90. The second-order valence-electron chi connectivity index (χ2n) is 6.17. The molecule has 1 aromatic carbocycles. The molecule has 1 aliphatic carbocycles. The maximum atomic E-state index is 12.1. The molecule has 3 rings (SSSR count). The predicted octanol–water partition coefficient (Wildman–Crippen LogP) is 2.09. The van der Waals surface area contributed by atoms with E-state index in [0.29, 0.717) is 23.7 Å². The van der Waals surface area contributed by atoms with Gasteiger partial charge in [-0.15, -0.1) is 0 Å². The third-order valence-corrected chi connectivity index (χ3v) is 4.31. The van der Waals surface area contributed by atoms with Gasteiger partial charge < -0.3 is 15.2 Å². The first-order chi connectivity index (χ1) is 12.2. The molecule has 1 saturated carbocycles. The van der Waals surface area contributed by atoms with Crippen molar-refractivity contribution in [1.29, 1.82) is 0 Å². The fraction of sp³-hybridized carbons (Fsp3) is 0.444. The maximum Gasteiger partial charge on any atom is 0.251 e. The molecule has 1 aromatic heterocycles. The molecule has 1 fully saturated rings. The van der Waals surface area contributed by atoms with Crippen LogP contribution in [0.15, 0.2) is 28.8 Å². The number of carbonyl (C=O) groups excluding carboxylic acids is 2. The van der Waals surface area contributed by atoms with Crippen molar-refractivity contribution in [2.45, 2.75) is 45.1 Å². The van der Waals surface area contributed by atoms with Gasteiger partial charge in [-0.1, -0.05) is 37.1 Å². The van der Waals surface area contributed by atoms with E-state index in [-0.39, 0.29) is 24.4 Å². The van der Waals surface area contributed by atoms with E-state index in [4.69, 9.17) is 4.52 Å². The average Bonchev–Trinajstić information content (AvgIpc) is 3.31. The number of rotatable bonds is 6. The van der Waals surface area contributed by atoms with Gasteiger partial charge in [0, 0.05) is 23.6 Å². The number of aryl methyl sites for hydroxylation is 1. The number of hydrogen-bond donors (Lipinski definition) is 2. The van der Waals surface area contributed by atoms with Crippen LogP contribution in [0.1, 0.15) is 48.9 Å². The maximum absolute atomic E-state index is 12.1. The SMILES string of the molecule is CCc1nc(-c2ccc(C(=O)NCC(=O)NC3CCCC3)cc2)no1. The van der Waals surface area contributed by atoms with Gasteiger partial charge in [-0.25, -0.2) is 0 Å². The van der Waals surface area contributed by atoms with Crippen LogP contribution >= 0.6 is 0 Å². The topological polar surface area (TPSA) is 97.1 Å². The van der Waals surface area contributed by atoms with Gasteiger partial charge in [0.2, 0.25) is 17.6 Å². The lowest BCUT2D eigenvalue weighted by molar-refractivity contribution is -0.120. The van der Waals surface area contributed by atoms with Crippen LogP contribution in [-0.4, -0.2) is 34.5 Å². The number of nitrogens with one attached hydrogen (secondary N) is 2. The van der Waals surface area contributed by atoms with E-state index in [1.807, 2.05) is 6.92 Å². The largest absolute Gasteiger partial charge is 0.352 e. The Balaban J connectivity index is 1.52. The van der Waals surface area contributed by atoms with Gasteiger partial charge >= 0.3 is 0 Å². The van der Waals surface area contributed by atoms with Gasteiger partial charge in [-0.2, -0.15) is 4.98 Å². The van der Waals surface area contributed by atoms with E-state index in [1.165, 1.54) is 0 Å². The van der Waals surface area contributed by atoms with Crippen LogP contribution in [0, 0.1) is 0 Å². The normalized spacial score (nSPS) is 14.4. The minimum atomic E-state index is -0.282. The summed E-state index contributed by atoms with van der Waals surface area (Å²) in [6.45, 7) is 1.93. The average molecular weight is 342 g/mol. The quantitative estimate of drug-likeness (QED) is 0.838. The Hall–Kier alpha value is -2.70. The van der Waals surface area contributed by atoms with Gasteiger partial charge in [0.1, 0.15) is 0 Å². The summed E-state index contributed by atoms with van der Waals surface area (Å²) < 4.78 is 5.08. The molecular formula is C18H22N4O3. The molecule has 0 spiro atoms. The number of aromatic nitrogens is 2. The van der Waals surface area contributed by atoms with E-state index in [1.54, 1.807) is 24.3 Å². The van der Waals surface area contributed by atoms with Gasteiger partial charge in [0.15, 0.2) is 0 Å². The van der Waals surface area contributed by atoms with Gasteiger partial charge in [-0.05, 0) is 25.0 Å². The van der Waals surface area contributed by atoms with E-state index in [2.05, 4.69) is 20.8 Å². The number of carbonyl (C=O) groups is 2. The zero-order chi connectivity index (χ0) is 17.6. The van der Waals surface area contributed by atoms with Crippen LogP contribution in [0.25, 0.3) is 11.4 Å². The Labute approximate surface area is 146 Å². The summed E-state index contributed by atoms with van der Waals surface area (Å²) in [4.78, 5) is 28.2. The van der Waals surface area contributed by atoms with Crippen molar-refractivity contribution in [1.82, 2.24) is 20.8 Å². The highest BCUT2D eigenvalue weighted by Crippen LogP contribution is 2.18. The summed E-state index contributed by atoms with van der Waals surface area (Å²) in [5.41, 5.74) is 1.26. The lowest BCUT2D eigenvalue weighted by Crippen LogP contribution is -2.40. The van der Waals surface area contributed by atoms with Crippen LogP contribution < -0.4 is 10.6 Å². The summed E-state index contributed by atoms with van der Waals surface area (Å²) in [7, 11) is 0. The first-order valence-corrected chi connectivity index (χ1v) is 8.66. The standard InChI is InChI=1S/C18H22N4O3/c1-2-16-21-17(22-25-16)12-7-9-13(10-8-12)18(24)19-11-15(23)20-14-5-3-4-6-14/h7-10,14H,2-6,11H2,1H3,(H,19,24)(H,20,23). The Morgan fingerprint density at radius 2 is 1.92 bits per heavy atom. The second kappa shape index (κ2) is 7.92. The zero-order valence-corrected chi connectivity index (χ0v) is 14.2. The molecule has 1 aliphatic rings. The zero-order valence-electron chi connectivity index (χ0n) is 14.2. The van der Waals surface area contributed by atoms with Crippen LogP contribution in [0.5, 0.6) is 0 Å². The van der Waals surface area contributed by atoms with Gasteiger partial charge in [0.25, 0.3) is 5.91 Å². The molecular weight excluding hydrogens is 320 g/mol. The van der Waals surface area contributed by atoms with Crippen LogP contribution in [0.2, 0.25) is 0 Å². The van der Waals surface area contributed by atoms with Crippen molar-refractivity contribution in [3.8, 4) is 11.4 Å². The molecule has 0 atom stereocenters. The smallest absolute Gasteiger partial charge is 0.251 e. The van der Waals surface area contributed by atoms with E-state index in [9.17, 15) is 9.59 Å². The molecule has 132 valence electrons. The van der Waals surface area contributed by atoms with Crippen molar-refractivity contribution in [3.63, 3.8) is 0 Å². The van der Waals surface area contributed by atoms with Crippen molar-refractivity contribution in [2.75, 3.05) is 6.54 Å². The fourth-order valence-corrected chi connectivity index (χ4v) is 2.90. The number of benzene rings is 1. The highest BCUT2D eigenvalue weighted by atomic mass is 16.5. The molecule has 2 aromatic rings. The summed E-state index contributed by atoms with van der Waals surface area (Å²) in [5.74, 6) is 0.649. The van der Waals surface area contributed by atoms with Gasteiger partial charge in [0.05, 0.1) is 6.54 Å². The van der Waals surface area contributed by atoms with Crippen LogP contribution in [0.4, 0.5) is 0 Å². The minimum absolute atomic E-state index is 0.0121. The Morgan fingerprint density at radius 3 is 2.56 bits per heavy atom. The molecule has 25 heavy (non-hydrogen) atoms. The number of nitrogens with zero attached hydrogens (tertiary/aromatic N) is 2. The molecule has 2 amide bonds. The minimum Gasteiger partial charge on any atom is -0.352 e. The third kappa shape index (κ3) is 4.43. The highest BCUT2D eigenvalue weighted by molar-refractivity contribution is 5.96.